The van der Waals surface area contributed by atoms with E-state index in [0.29, 0.717) is 5.54 Å². The highest BCUT2D eigenvalue weighted by Gasteiger charge is 2.47. The molecule has 0 radical (unpaired) electrons. The highest BCUT2D eigenvalue weighted by molar-refractivity contribution is 5.69. The normalized spacial score (nSPS) is 25.8. The van der Waals surface area contributed by atoms with Crippen LogP contribution >= 0.6 is 0 Å². The summed E-state index contributed by atoms with van der Waals surface area (Å²) in [6.45, 7) is 8.37. The third kappa shape index (κ3) is 1.38. The van der Waals surface area contributed by atoms with Gasteiger partial charge in [-0.05, 0) is 36.3 Å². The summed E-state index contributed by atoms with van der Waals surface area (Å²) in [5.41, 5.74) is 5.18. The number of hydrogen-bond donors (Lipinski definition) is 0. The number of benzene rings is 1. The first-order valence-corrected chi connectivity index (χ1v) is 7.07. The Morgan fingerprint density at radius 3 is 2.76 bits per heavy atom. The van der Waals surface area contributed by atoms with Crippen LogP contribution in [-0.2, 0) is 12.8 Å². The molecule has 3 rings (SSSR count). The Bertz CT molecular complexity index is 435. The molecule has 1 heteroatoms. The molecular formula is C16H23N. The molecule has 0 spiro atoms. The second kappa shape index (κ2) is 3.76. The number of nitrogens with zero attached hydrogens (tertiary/aromatic N) is 1. The maximum Gasteiger partial charge on any atom is 0.0466 e. The largest absolute Gasteiger partial charge is 0.364 e. The van der Waals surface area contributed by atoms with Crippen LogP contribution in [0.1, 0.15) is 44.7 Å². The number of anilines is 1. The molecule has 0 saturated heterocycles. The van der Waals surface area contributed by atoms with Gasteiger partial charge in [0, 0.05) is 17.8 Å². The molecule has 1 aromatic rings. The van der Waals surface area contributed by atoms with Crippen LogP contribution in [0.3, 0.4) is 0 Å². The lowest BCUT2D eigenvalue weighted by molar-refractivity contribution is 0.277. The van der Waals surface area contributed by atoms with E-state index in [9.17, 15) is 0 Å². The molecule has 2 heterocycles. The summed E-state index contributed by atoms with van der Waals surface area (Å²) in [7, 11) is 0. The van der Waals surface area contributed by atoms with Gasteiger partial charge in [0.15, 0.2) is 0 Å². The minimum atomic E-state index is 0.406. The molecule has 0 bridgehead atoms. The summed E-state index contributed by atoms with van der Waals surface area (Å²) in [5.74, 6) is 0.737. The van der Waals surface area contributed by atoms with E-state index in [0.717, 1.165) is 5.92 Å². The molecule has 2 aliphatic rings. The van der Waals surface area contributed by atoms with E-state index in [-0.39, 0.29) is 0 Å². The van der Waals surface area contributed by atoms with E-state index < -0.39 is 0 Å². The molecule has 1 atom stereocenters. The van der Waals surface area contributed by atoms with Crippen molar-refractivity contribution in [3.05, 3.63) is 29.3 Å². The van der Waals surface area contributed by atoms with Crippen LogP contribution < -0.4 is 4.90 Å². The Morgan fingerprint density at radius 1 is 1.29 bits per heavy atom. The van der Waals surface area contributed by atoms with Crippen molar-refractivity contribution in [3.63, 3.8) is 0 Å². The van der Waals surface area contributed by atoms with E-state index in [2.05, 4.69) is 43.9 Å². The summed E-state index contributed by atoms with van der Waals surface area (Å²) in [6, 6.07) is 6.91. The molecule has 0 aromatic heterocycles. The predicted molar refractivity (Wildman–Crippen MR) is 73.7 cm³/mol. The summed E-state index contributed by atoms with van der Waals surface area (Å²) in [4.78, 5) is 2.74. The summed E-state index contributed by atoms with van der Waals surface area (Å²) >= 11 is 0. The summed E-state index contributed by atoms with van der Waals surface area (Å²) in [6.07, 6.45) is 5.14. The smallest absolute Gasteiger partial charge is 0.0466 e. The monoisotopic (exact) mass is 229 g/mol. The van der Waals surface area contributed by atoms with Gasteiger partial charge in [-0.25, -0.2) is 0 Å². The van der Waals surface area contributed by atoms with Crippen LogP contribution in [0.25, 0.3) is 0 Å². The Balaban J connectivity index is 2.09. The molecule has 0 saturated carbocycles. The Labute approximate surface area is 105 Å². The highest BCUT2D eigenvalue weighted by atomic mass is 15.2. The molecule has 0 N–H and O–H groups in total. The van der Waals surface area contributed by atoms with Crippen LogP contribution in [-0.4, -0.2) is 12.1 Å². The molecule has 1 aromatic carbocycles. The van der Waals surface area contributed by atoms with Crippen LogP contribution in [0.4, 0.5) is 5.69 Å². The van der Waals surface area contributed by atoms with E-state index in [4.69, 9.17) is 0 Å². The molecule has 0 fully saturated rings. The van der Waals surface area contributed by atoms with Crippen molar-refractivity contribution in [2.45, 2.75) is 52.0 Å². The van der Waals surface area contributed by atoms with Crippen LogP contribution in [0.15, 0.2) is 18.2 Å². The van der Waals surface area contributed by atoms with E-state index in [1.807, 2.05) is 0 Å². The Morgan fingerprint density at radius 2 is 2.06 bits per heavy atom. The number of rotatable bonds is 3. The van der Waals surface area contributed by atoms with E-state index in [1.165, 1.54) is 32.2 Å². The maximum absolute atomic E-state index is 2.74. The van der Waals surface area contributed by atoms with Gasteiger partial charge in [0.1, 0.15) is 0 Å². The van der Waals surface area contributed by atoms with Gasteiger partial charge < -0.3 is 4.90 Å². The average Bonchev–Trinajstić information content (AvgIpc) is 2.85. The van der Waals surface area contributed by atoms with Crippen molar-refractivity contribution in [1.82, 2.24) is 0 Å². The Hall–Kier alpha value is -0.980. The SMILES string of the molecule is CCCC1(C(C)C)Cc2cccc3c2N1CC3. The first kappa shape index (κ1) is 11.1. The number of hydrogen-bond acceptors (Lipinski definition) is 1. The Kier molecular flexibility index (Phi) is 2.46. The lowest BCUT2D eigenvalue weighted by Gasteiger charge is -2.42. The fourth-order valence-electron chi connectivity index (χ4n) is 4.01. The molecule has 0 aliphatic carbocycles. The third-order valence-corrected chi connectivity index (χ3v) is 4.87. The zero-order chi connectivity index (χ0) is 12.0. The van der Waals surface area contributed by atoms with Crippen molar-refractivity contribution < 1.29 is 0 Å². The van der Waals surface area contributed by atoms with Crippen molar-refractivity contribution in [3.8, 4) is 0 Å². The first-order valence-electron chi connectivity index (χ1n) is 7.07. The standard InChI is InChI=1S/C16H23N/c1-4-9-16(12(2)3)11-14-7-5-6-13-8-10-17(16)15(13)14/h5-7,12H,4,8-11H2,1-3H3. The van der Waals surface area contributed by atoms with E-state index >= 15 is 0 Å². The maximum atomic E-state index is 2.74. The lowest BCUT2D eigenvalue weighted by Crippen LogP contribution is -2.50. The van der Waals surface area contributed by atoms with Gasteiger partial charge in [-0.2, -0.15) is 0 Å². The quantitative estimate of drug-likeness (QED) is 0.762. The van der Waals surface area contributed by atoms with Gasteiger partial charge >= 0.3 is 0 Å². The van der Waals surface area contributed by atoms with Crippen LogP contribution in [0.2, 0.25) is 0 Å². The molecule has 0 amide bonds. The van der Waals surface area contributed by atoms with Gasteiger partial charge in [-0.15, -0.1) is 0 Å². The van der Waals surface area contributed by atoms with Gasteiger partial charge in [0.05, 0.1) is 0 Å². The van der Waals surface area contributed by atoms with Crippen LogP contribution in [0.5, 0.6) is 0 Å². The van der Waals surface area contributed by atoms with Gasteiger partial charge in [-0.3, -0.25) is 0 Å². The molecule has 17 heavy (non-hydrogen) atoms. The second-order valence-corrected chi connectivity index (χ2v) is 6.01. The minimum Gasteiger partial charge on any atom is -0.364 e. The number of para-hydroxylation sites is 1. The van der Waals surface area contributed by atoms with Crippen molar-refractivity contribution in [2.75, 3.05) is 11.4 Å². The predicted octanol–water partition coefficient (Wildman–Crippen LogP) is 3.80. The summed E-state index contributed by atoms with van der Waals surface area (Å²) in [5, 5.41) is 0. The van der Waals surface area contributed by atoms with Gasteiger partial charge in [-0.1, -0.05) is 45.4 Å². The first-order chi connectivity index (χ1) is 8.19. The lowest BCUT2D eigenvalue weighted by atomic mass is 9.79. The fourth-order valence-corrected chi connectivity index (χ4v) is 4.01. The topological polar surface area (TPSA) is 3.24 Å². The van der Waals surface area contributed by atoms with Crippen molar-refractivity contribution in [2.24, 2.45) is 5.92 Å². The van der Waals surface area contributed by atoms with E-state index in [1.54, 1.807) is 16.8 Å². The molecule has 2 aliphatic heterocycles. The van der Waals surface area contributed by atoms with Crippen molar-refractivity contribution >= 4 is 5.69 Å². The average molecular weight is 229 g/mol. The molecule has 92 valence electrons. The molecule has 1 nitrogen and oxygen atoms in total. The minimum absolute atomic E-state index is 0.406. The van der Waals surface area contributed by atoms with Gasteiger partial charge in [0.25, 0.3) is 0 Å². The third-order valence-electron chi connectivity index (χ3n) is 4.87. The second-order valence-electron chi connectivity index (χ2n) is 6.01. The highest BCUT2D eigenvalue weighted by Crippen LogP contribution is 2.49. The molecular weight excluding hydrogens is 206 g/mol. The molecule has 1 unspecified atom stereocenters. The van der Waals surface area contributed by atoms with Crippen molar-refractivity contribution in [1.29, 1.82) is 0 Å². The summed E-state index contributed by atoms with van der Waals surface area (Å²) < 4.78 is 0. The zero-order valence-electron chi connectivity index (χ0n) is 11.3. The fraction of sp³-hybridized carbons (Fsp3) is 0.625. The van der Waals surface area contributed by atoms with Crippen LogP contribution in [0, 0.1) is 5.92 Å². The van der Waals surface area contributed by atoms with Gasteiger partial charge in [0.2, 0.25) is 0 Å². The zero-order valence-corrected chi connectivity index (χ0v) is 11.3.